The van der Waals surface area contributed by atoms with E-state index in [-0.39, 0.29) is 5.69 Å². The molecule has 0 radical (unpaired) electrons. The molecule has 27 heavy (non-hydrogen) atoms. The van der Waals surface area contributed by atoms with E-state index in [4.69, 9.17) is 4.84 Å². The molecule has 0 fully saturated rings. The molecule has 9 nitrogen and oxygen atoms in total. The second-order valence-corrected chi connectivity index (χ2v) is 7.43. The number of aromatic nitrogens is 3. The number of amidine groups is 1. The van der Waals surface area contributed by atoms with Gasteiger partial charge in [-0.15, -0.1) is 5.10 Å². The normalized spacial score (nSPS) is 13.7. The zero-order chi connectivity index (χ0) is 21.3. The van der Waals surface area contributed by atoms with Gasteiger partial charge in [0.25, 0.3) is 5.69 Å². The van der Waals surface area contributed by atoms with Crippen LogP contribution in [0.3, 0.4) is 0 Å². The fourth-order valence-corrected chi connectivity index (χ4v) is 1.71. The van der Waals surface area contributed by atoms with Gasteiger partial charge in [-0.25, -0.2) is 9.48 Å². The number of hydrogen-bond donors (Lipinski definition) is 0. The molecule has 2 aromatic rings. The molecule has 0 saturated heterocycles. The van der Waals surface area contributed by atoms with Gasteiger partial charge in [0.2, 0.25) is 0 Å². The zero-order valence-electron chi connectivity index (χ0n) is 14.4. The van der Waals surface area contributed by atoms with Crippen LogP contribution in [0.4, 0.5) is 30.9 Å². The Morgan fingerprint density at radius 1 is 1.19 bits per heavy atom. The Kier molecular flexibility index (Phi) is 5.36. The van der Waals surface area contributed by atoms with Crippen LogP contribution in [0.1, 0.15) is 0 Å². The Hall–Kier alpha value is -2.70. The third kappa shape index (κ3) is 8.48. The number of non-ortho nitro benzene ring substituents is 1. The molecule has 0 atom stereocenters. The van der Waals surface area contributed by atoms with Gasteiger partial charge in [-0.1, -0.05) is 4.85 Å². The van der Waals surface area contributed by atoms with Crippen LogP contribution in [0.15, 0.2) is 18.2 Å². The molecule has 0 saturated carbocycles. The summed E-state index contributed by atoms with van der Waals surface area (Å²) in [7, 11) is -3.39. The second kappa shape index (κ2) is 6.48. The van der Waals surface area contributed by atoms with Crippen molar-refractivity contribution in [3.63, 3.8) is 0 Å². The second-order valence-electron chi connectivity index (χ2n) is 5.51. The van der Waals surface area contributed by atoms with Crippen molar-refractivity contribution in [3.8, 4) is 0 Å². The van der Waals surface area contributed by atoms with Gasteiger partial charge in [0.05, 0.1) is 33.1 Å². The summed E-state index contributed by atoms with van der Waals surface area (Å²) < 4.78 is 60.9. The maximum atomic E-state index is 10.8. The van der Waals surface area contributed by atoms with Gasteiger partial charge in [-0.3, -0.25) is 15.0 Å². The molecule has 1 aromatic carbocycles. The molecule has 0 unspecified atom stereocenters. The molecule has 0 aliphatic heterocycles. The van der Waals surface area contributed by atoms with Crippen LogP contribution < -0.4 is 4.84 Å². The van der Waals surface area contributed by atoms with E-state index in [9.17, 15) is 35.3 Å². The molecule has 0 bridgehead atoms. The maximum absolute atomic E-state index is 10.8. The Morgan fingerprint density at radius 3 is 2.11 bits per heavy atom. The minimum atomic E-state index is -10.7. The Labute approximate surface area is 147 Å². The van der Waals surface area contributed by atoms with Crippen molar-refractivity contribution < 1.29 is 39.5 Å². The summed E-state index contributed by atoms with van der Waals surface area (Å²) in [5.41, 5.74) is 0.911. The first kappa shape index (κ1) is 22.3. The molecular weight excluding hydrogens is 409 g/mol. The van der Waals surface area contributed by atoms with Crippen LogP contribution in [0.25, 0.3) is 11.0 Å². The third-order valence-electron chi connectivity index (χ3n) is 2.54. The number of halogens is 6. The first-order valence-electron chi connectivity index (χ1n) is 6.81. The number of rotatable bonds is 2. The van der Waals surface area contributed by atoms with E-state index >= 15 is 0 Å². The molecular formula is C11H15F6N6O3P. The van der Waals surface area contributed by atoms with Gasteiger partial charge in [0.15, 0.2) is 0 Å². The van der Waals surface area contributed by atoms with Crippen molar-refractivity contribution in [1.29, 1.82) is 0 Å². The topological polar surface area (TPSA) is 89.3 Å². The molecule has 154 valence electrons. The van der Waals surface area contributed by atoms with Crippen LogP contribution in [-0.2, 0) is 0 Å². The first-order chi connectivity index (χ1) is 11.8. The summed E-state index contributed by atoms with van der Waals surface area (Å²) in [5.74, 6) is 0. The molecule has 0 amide bonds. The summed E-state index contributed by atoms with van der Waals surface area (Å²) in [6.07, 6.45) is 0. The molecule has 0 spiro atoms. The Bertz CT molecular complexity index is 880. The van der Waals surface area contributed by atoms with Crippen molar-refractivity contribution in [1.82, 2.24) is 20.1 Å². The van der Waals surface area contributed by atoms with Crippen molar-refractivity contribution in [2.45, 2.75) is 0 Å². The van der Waals surface area contributed by atoms with E-state index in [0.717, 1.165) is 4.85 Å². The van der Waals surface area contributed by atoms with Gasteiger partial charge in [0, 0.05) is 12.1 Å². The van der Waals surface area contributed by atoms with E-state index in [2.05, 4.69) is 10.3 Å². The van der Waals surface area contributed by atoms with Crippen molar-refractivity contribution in [2.24, 2.45) is 0 Å². The van der Waals surface area contributed by atoms with Gasteiger partial charge in [0.1, 0.15) is 11.0 Å². The van der Waals surface area contributed by atoms with E-state index in [0.29, 0.717) is 17.1 Å². The quantitative estimate of drug-likeness (QED) is 0.140. The summed E-state index contributed by atoms with van der Waals surface area (Å²) in [5, 5.41) is 18.6. The number of nitrogens with zero attached hydrogens (tertiary/aromatic N) is 6. The number of benzene rings is 1. The summed E-state index contributed by atoms with van der Waals surface area (Å²) >= 11 is 0. The number of fused-ring (bicyclic) bond motifs is 1. The Balaban J connectivity index is 0.000000445. The van der Waals surface area contributed by atoms with Gasteiger partial charge in [-0.2, -0.15) is 0 Å². The molecule has 16 heteroatoms. The summed E-state index contributed by atoms with van der Waals surface area (Å²) in [6, 6.07) is 4.80. The van der Waals surface area contributed by atoms with Crippen LogP contribution in [-0.4, -0.2) is 63.8 Å². The van der Waals surface area contributed by atoms with E-state index in [1.807, 2.05) is 28.2 Å². The van der Waals surface area contributed by atoms with Crippen LogP contribution in [0, 0.1) is 10.1 Å². The first-order valence-corrected chi connectivity index (χ1v) is 8.84. The monoisotopic (exact) mass is 424 g/mol. The predicted octanol–water partition coefficient (Wildman–Crippen LogP) is 3.34. The van der Waals surface area contributed by atoms with Crippen molar-refractivity contribution in [3.05, 3.63) is 28.3 Å². The van der Waals surface area contributed by atoms with Crippen LogP contribution in [0.2, 0.25) is 0 Å². The molecule has 2 rings (SSSR count). The van der Waals surface area contributed by atoms with Crippen molar-refractivity contribution >= 4 is 30.6 Å². The molecule has 0 aliphatic rings. The number of nitro benzene ring substituents is 1. The van der Waals surface area contributed by atoms with Gasteiger partial charge < -0.3 is 0 Å². The summed E-state index contributed by atoms with van der Waals surface area (Å²) in [4.78, 5) is 18.9. The zero-order valence-corrected chi connectivity index (χ0v) is 15.2. The van der Waals surface area contributed by atoms with Gasteiger partial charge in [-0.05, 0) is 11.3 Å². The van der Waals surface area contributed by atoms with Crippen LogP contribution in [0.5, 0.6) is 0 Å². The average molecular weight is 424 g/mol. The average Bonchev–Trinajstić information content (AvgIpc) is 2.82. The summed E-state index contributed by atoms with van der Waals surface area (Å²) in [6.45, 7) is 0. The van der Waals surface area contributed by atoms with E-state index < -0.39 is 12.7 Å². The number of nitro groups is 1. The van der Waals surface area contributed by atoms with Crippen molar-refractivity contribution in [2.75, 3.05) is 28.2 Å². The van der Waals surface area contributed by atoms with Gasteiger partial charge >= 0.3 is 39.0 Å². The van der Waals surface area contributed by atoms with Crippen LogP contribution >= 0.6 is 7.81 Å². The molecule has 0 N–H and O–H groups in total. The fraction of sp³-hybridized carbons (Fsp3) is 0.364. The Morgan fingerprint density at radius 2 is 1.70 bits per heavy atom. The fourth-order valence-electron chi connectivity index (χ4n) is 1.71. The predicted molar refractivity (Wildman–Crippen MR) is 85.1 cm³/mol. The molecule has 1 heterocycles. The minimum absolute atomic E-state index is 0.0408. The van der Waals surface area contributed by atoms with E-state index in [1.165, 1.54) is 18.2 Å². The third-order valence-corrected chi connectivity index (χ3v) is 2.54. The number of hydrogen-bond acceptors (Lipinski definition) is 5. The molecule has 0 aliphatic carbocycles. The van der Waals surface area contributed by atoms with E-state index in [1.54, 1.807) is 9.48 Å². The SMILES string of the molecule is CN(C)C(On1nnc2ccc([N+](=O)[O-])cc21)=[N+](C)C.F[P-](F)(F)(F)(F)F. The standard InChI is InChI=1S/C11H15N6O3.F6P/c1-14(2)11(15(3)4)20-16-10-7-8(17(18)19)5-6-9(10)12-13-16;1-7(2,3,4,5)6/h5-7H,1-4H3;/q+1;-1. The molecule has 1 aromatic heterocycles.